The number of rotatable bonds is 1. The van der Waals surface area contributed by atoms with Gasteiger partial charge in [-0.25, -0.2) is 23.8 Å². The Morgan fingerprint density at radius 3 is 2.08 bits per heavy atom. The van der Waals surface area contributed by atoms with Crippen LogP contribution in [0.15, 0.2) is 18.2 Å². The molecule has 0 aliphatic rings. The Kier molecular flexibility index (Phi) is 19.0. The fraction of sp³-hybridized carbons (Fsp3) is 0.125. The third kappa shape index (κ3) is 7.88. The quantitative estimate of drug-likeness (QED) is 0.690. The first kappa shape index (κ1) is 20.4. The maximum absolute atomic E-state index is 10.8. The van der Waals surface area contributed by atoms with Crippen molar-refractivity contribution in [2.45, 2.75) is 0 Å². The summed E-state index contributed by atoms with van der Waals surface area (Å²) in [5, 5.41) is 2.48. The van der Waals surface area contributed by atoms with E-state index in [2.05, 4.69) is 17.4 Å². The number of amides is 1. The van der Waals surface area contributed by atoms with Crippen LogP contribution in [-0.2, 0) is 98.1 Å². The van der Waals surface area contributed by atoms with Crippen LogP contribution in [-0.4, -0.2) is 13.0 Å². The average Bonchev–Trinajstić information content (AvgIpc) is 2.05. The Morgan fingerprint density at radius 2 is 1.69 bits per heavy atom. The van der Waals surface area contributed by atoms with Gasteiger partial charge in [0.1, 0.15) is 0 Å². The molecular weight excluding hydrogens is 393 g/mol. The molecule has 0 saturated heterocycles. The first-order valence-electron chi connectivity index (χ1n) is 2.95. The van der Waals surface area contributed by atoms with Crippen LogP contribution in [0.5, 0.6) is 0 Å². The average molecular weight is 400 g/mol. The SMILES string of the molecule is CNC(=O)c1[c-]ccc[c-]1.[Y].[Y].[Y]. The zero-order valence-electron chi connectivity index (χ0n) is 7.37. The van der Waals surface area contributed by atoms with Crippen molar-refractivity contribution in [3.05, 3.63) is 35.9 Å². The van der Waals surface area contributed by atoms with Crippen LogP contribution in [0.2, 0.25) is 0 Å². The molecule has 0 fully saturated rings. The third-order valence-corrected chi connectivity index (χ3v) is 1.10. The van der Waals surface area contributed by atoms with Crippen molar-refractivity contribution >= 4 is 5.91 Å². The monoisotopic (exact) mass is 400 g/mol. The fourth-order valence-corrected chi connectivity index (χ4v) is 0.609. The van der Waals surface area contributed by atoms with Crippen LogP contribution in [0.4, 0.5) is 0 Å². The molecule has 13 heavy (non-hydrogen) atoms. The zero-order valence-corrected chi connectivity index (χ0v) is 15.9. The first-order valence-corrected chi connectivity index (χ1v) is 2.95. The van der Waals surface area contributed by atoms with Crippen LogP contribution in [0.3, 0.4) is 0 Å². The Bertz CT molecular complexity index is 228. The number of benzene rings is 1. The summed E-state index contributed by atoms with van der Waals surface area (Å²) < 4.78 is 0. The van der Waals surface area contributed by atoms with E-state index in [1.165, 1.54) is 0 Å². The van der Waals surface area contributed by atoms with Crippen molar-refractivity contribution in [1.82, 2.24) is 5.32 Å². The Labute approximate surface area is 154 Å². The Morgan fingerprint density at radius 1 is 1.23 bits per heavy atom. The molecular formula is C8H7NOY3-2. The summed E-state index contributed by atoms with van der Waals surface area (Å²) >= 11 is 0. The largest absolute Gasteiger partial charge is 0.433 e. The van der Waals surface area contributed by atoms with Crippen molar-refractivity contribution < 1.29 is 103 Å². The Balaban J connectivity index is -0.000000333. The summed E-state index contributed by atoms with van der Waals surface area (Å²) in [5.41, 5.74) is 0.449. The van der Waals surface area contributed by atoms with Crippen LogP contribution in [0, 0.1) is 12.1 Å². The Hall–Kier alpha value is 2.00. The number of hydrogen-bond acceptors (Lipinski definition) is 1. The molecule has 0 unspecified atom stereocenters. The summed E-state index contributed by atoms with van der Waals surface area (Å²) in [6.07, 6.45) is 0. The minimum absolute atomic E-state index is 0. The molecule has 0 saturated carbocycles. The molecule has 0 spiro atoms. The van der Waals surface area contributed by atoms with Crippen molar-refractivity contribution in [2.24, 2.45) is 0 Å². The second-order valence-corrected chi connectivity index (χ2v) is 1.77. The maximum atomic E-state index is 10.8. The van der Waals surface area contributed by atoms with Crippen LogP contribution in [0.25, 0.3) is 0 Å². The van der Waals surface area contributed by atoms with Crippen molar-refractivity contribution in [2.75, 3.05) is 7.05 Å². The first-order chi connectivity index (χ1) is 4.84. The van der Waals surface area contributed by atoms with Gasteiger partial charge < -0.3 is 10.1 Å². The van der Waals surface area contributed by atoms with Gasteiger partial charge in [-0.2, -0.15) is 0 Å². The predicted octanol–water partition coefficient (Wildman–Crippen LogP) is 0.639. The number of hydrogen-bond donors (Lipinski definition) is 1. The molecule has 61 valence electrons. The molecule has 3 radical (unpaired) electrons. The molecule has 0 bridgehead atoms. The maximum Gasteiger partial charge on any atom is 0.0734 e. The zero-order chi connectivity index (χ0) is 7.40. The molecule has 0 aliphatic heterocycles. The molecule has 0 aliphatic carbocycles. The number of carbonyl (C=O) groups excluding carboxylic acids is 1. The molecule has 1 N–H and O–H groups in total. The van der Waals surface area contributed by atoms with E-state index in [1.807, 2.05) is 0 Å². The number of carbonyl (C=O) groups is 1. The van der Waals surface area contributed by atoms with E-state index in [-0.39, 0.29) is 104 Å². The summed E-state index contributed by atoms with van der Waals surface area (Å²) in [5.74, 6) is -0.152. The van der Waals surface area contributed by atoms with Crippen LogP contribution in [0.1, 0.15) is 10.4 Å². The standard InChI is InChI=1S/C8H7NO.3Y/c1-9-8(10)7-5-3-2-4-6-7;;;/h2-4H,1H3,(H,9,10);;;/q-2;;;. The summed E-state index contributed by atoms with van der Waals surface area (Å²) in [7, 11) is 1.58. The van der Waals surface area contributed by atoms with Gasteiger partial charge in [0.05, 0.1) is 5.91 Å². The molecule has 0 heterocycles. The summed E-state index contributed by atoms with van der Waals surface area (Å²) in [6, 6.07) is 10.6. The smallest absolute Gasteiger partial charge is 0.0734 e. The van der Waals surface area contributed by atoms with Gasteiger partial charge in [-0.15, -0.1) is 0 Å². The molecule has 2 nitrogen and oxygen atoms in total. The van der Waals surface area contributed by atoms with E-state index in [1.54, 1.807) is 25.2 Å². The summed E-state index contributed by atoms with van der Waals surface area (Å²) in [6.45, 7) is 0. The van der Waals surface area contributed by atoms with Gasteiger partial charge >= 0.3 is 0 Å². The van der Waals surface area contributed by atoms with Crippen LogP contribution < -0.4 is 5.32 Å². The van der Waals surface area contributed by atoms with E-state index in [9.17, 15) is 4.79 Å². The van der Waals surface area contributed by atoms with Gasteiger partial charge in [0.2, 0.25) is 0 Å². The minimum atomic E-state index is -0.152. The van der Waals surface area contributed by atoms with E-state index < -0.39 is 0 Å². The van der Waals surface area contributed by atoms with Gasteiger partial charge in [-0.3, -0.25) is 12.1 Å². The second-order valence-electron chi connectivity index (χ2n) is 1.77. The van der Waals surface area contributed by atoms with Gasteiger partial charge in [0, 0.05) is 98.1 Å². The minimum Gasteiger partial charge on any atom is -0.433 e. The van der Waals surface area contributed by atoms with Crippen LogP contribution >= 0.6 is 0 Å². The summed E-state index contributed by atoms with van der Waals surface area (Å²) in [4.78, 5) is 10.8. The van der Waals surface area contributed by atoms with Gasteiger partial charge in [-0.05, 0) is 7.05 Å². The number of nitrogens with one attached hydrogen (secondary N) is 1. The fourth-order valence-electron chi connectivity index (χ4n) is 0.609. The van der Waals surface area contributed by atoms with E-state index in [4.69, 9.17) is 0 Å². The third-order valence-electron chi connectivity index (χ3n) is 1.10. The predicted molar refractivity (Wildman–Crippen MR) is 37.5 cm³/mol. The molecule has 0 aromatic heterocycles. The second kappa shape index (κ2) is 12.1. The molecule has 0 atom stereocenters. The molecule has 1 rings (SSSR count). The molecule has 1 aromatic rings. The van der Waals surface area contributed by atoms with Crippen molar-refractivity contribution in [3.63, 3.8) is 0 Å². The van der Waals surface area contributed by atoms with Gasteiger partial charge in [-0.1, -0.05) is 0 Å². The van der Waals surface area contributed by atoms with Crippen molar-refractivity contribution in [1.29, 1.82) is 0 Å². The molecule has 1 amide bonds. The molecule has 1 aromatic carbocycles. The van der Waals surface area contributed by atoms with Gasteiger partial charge in [0.15, 0.2) is 0 Å². The van der Waals surface area contributed by atoms with E-state index in [0.29, 0.717) is 5.56 Å². The van der Waals surface area contributed by atoms with Gasteiger partial charge in [0.25, 0.3) is 0 Å². The van der Waals surface area contributed by atoms with E-state index in [0.717, 1.165) is 0 Å². The normalized spacial score (nSPS) is 6.85. The van der Waals surface area contributed by atoms with Crippen molar-refractivity contribution in [3.8, 4) is 0 Å². The van der Waals surface area contributed by atoms with E-state index >= 15 is 0 Å². The topological polar surface area (TPSA) is 29.1 Å². The molecule has 5 heteroatoms.